The number of anilines is 1. The van der Waals surface area contributed by atoms with E-state index in [-0.39, 0.29) is 41.6 Å². The fourth-order valence-corrected chi connectivity index (χ4v) is 9.79. The molecule has 3 aromatic rings. The molecule has 1 heterocycles. The van der Waals surface area contributed by atoms with Gasteiger partial charge in [-0.05, 0) is 91.0 Å². The molecule has 7 rings (SSSR count). The van der Waals surface area contributed by atoms with E-state index in [9.17, 15) is 19.5 Å². The molecule has 0 aromatic heterocycles. The molecule has 3 saturated carbocycles. The van der Waals surface area contributed by atoms with Crippen molar-refractivity contribution in [2.45, 2.75) is 98.0 Å². The highest BCUT2D eigenvalue weighted by Crippen LogP contribution is 2.61. The first-order chi connectivity index (χ1) is 26.6. The number of fused-ring (bicyclic) bond motifs is 2. The predicted molar refractivity (Wildman–Crippen MR) is 220 cm³/mol. The average Bonchev–Trinajstić information content (AvgIpc) is 3.53. The molecular formula is C46H62N4O6. The number of aliphatic hydroxyl groups excluding tert-OH is 1. The second kappa shape index (κ2) is 17.1. The summed E-state index contributed by atoms with van der Waals surface area (Å²) in [4.78, 5) is 49.6. The normalized spacial score (nSPS) is 25.9. The Hall–Kier alpha value is -4.25. The first-order valence-electron chi connectivity index (χ1n) is 20.3. The molecule has 3 aromatic carbocycles. The van der Waals surface area contributed by atoms with E-state index in [1.54, 1.807) is 12.2 Å². The van der Waals surface area contributed by atoms with Crippen LogP contribution in [-0.2, 0) is 27.4 Å². The number of nitrogens with one attached hydrogen (secondary N) is 2. The third-order valence-electron chi connectivity index (χ3n) is 13.0. The van der Waals surface area contributed by atoms with Gasteiger partial charge >= 0.3 is 0 Å². The maximum absolute atomic E-state index is 14.3. The predicted octanol–water partition coefficient (Wildman–Crippen LogP) is 6.68. The molecule has 8 atom stereocenters. The van der Waals surface area contributed by atoms with Crippen LogP contribution in [0.25, 0.3) is 11.1 Å². The average molecular weight is 767 g/mol. The summed E-state index contributed by atoms with van der Waals surface area (Å²) in [5, 5.41) is 18.5. The molecule has 10 heteroatoms. The van der Waals surface area contributed by atoms with Gasteiger partial charge in [0.2, 0.25) is 5.91 Å². The lowest BCUT2D eigenvalue weighted by Gasteiger charge is -2.62. The Morgan fingerprint density at radius 3 is 2.38 bits per heavy atom. The van der Waals surface area contributed by atoms with Crippen LogP contribution in [0.1, 0.15) is 82.3 Å². The number of ketones is 1. The van der Waals surface area contributed by atoms with Gasteiger partial charge in [-0.3, -0.25) is 19.2 Å². The molecule has 3 aliphatic carbocycles. The lowest BCUT2D eigenvalue weighted by Crippen LogP contribution is -2.62. The van der Waals surface area contributed by atoms with E-state index in [2.05, 4.69) is 57.4 Å². The van der Waals surface area contributed by atoms with Crippen molar-refractivity contribution in [1.82, 2.24) is 15.7 Å². The Balaban J connectivity index is 1.28. The number of hydroxylamine groups is 2. The number of rotatable bonds is 15. The lowest BCUT2D eigenvalue weighted by atomic mass is 9.45. The Labute approximate surface area is 333 Å². The van der Waals surface area contributed by atoms with Gasteiger partial charge in [0.15, 0.2) is 0 Å². The van der Waals surface area contributed by atoms with E-state index < -0.39 is 24.7 Å². The monoisotopic (exact) mass is 766 g/mol. The Morgan fingerprint density at radius 2 is 1.77 bits per heavy atom. The minimum absolute atomic E-state index is 0.00846. The maximum Gasteiger partial charge on any atom is 0.251 e. The van der Waals surface area contributed by atoms with Crippen LogP contribution in [0.15, 0.2) is 66.7 Å². The Kier molecular flexibility index (Phi) is 12.6. The number of amides is 2. The minimum Gasteiger partial charge on any atom is -0.496 e. The fourth-order valence-electron chi connectivity index (χ4n) is 9.79. The number of carbonyl (C=O) groups excluding carboxylic acids is 3. The van der Waals surface area contributed by atoms with Crippen LogP contribution in [-0.4, -0.2) is 79.8 Å². The standard InChI is InChI=1S/C46H62N4O6/c1-27(2)18-35(19-30-14-11-10-12-15-30)47-44(53)33-20-32(21-36(22-33)49(7)8)37-17-13-16-31(43(37)55-9)25-50-42(41(29(4)52)40(26-51)56-50)45(54)48-39-24-34-23-38(28(39)3)46(34,5)6/h10-17,20-22,27-28,34-35,38-42,51H,18-19,23-26H2,1-9H3,(H,47,53)(H,48,54)/t28-,34+,35+,38-,39-,40-,41+,42-/m0/s1. The molecule has 0 unspecified atom stereocenters. The first-order valence-corrected chi connectivity index (χ1v) is 20.3. The Bertz CT molecular complexity index is 1880. The van der Waals surface area contributed by atoms with E-state index in [0.29, 0.717) is 35.0 Å². The highest BCUT2D eigenvalue weighted by Gasteiger charge is 2.57. The number of benzene rings is 3. The van der Waals surface area contributed by atoms with Gasteiger partial charge in [0, 0.05) is 48.6 Å². The highest BCUT2D eigenvalue weighted by atomic mass is 16.7. The second-order valence-corrected chi connectivity index (χ2v) is 17.7. The summed E-state index contributed by atoms with van der Waals surface area (Å²) in [5.41, 5.74) is 5.13. The quantitative estimate of drug-likeness (QED) is 0.157. The van der Waals surface area contributed by atoms with Crippen LogP contribution in [0.2, 0.25) is 0 Å². The first kappa shape index (κ1) is 41.4. The Morgan fingerprint density at radius 1 is 1.04 bits per heavy atom. The van der Waals surface area contributed by atoms with Crippen LogP contribution in [0.3, 0.4) is 0 Å². The molecule has 4 fully saturated rings. The number of aliphatic hydroxyl groups is 1. The van der Waals surface area contributed by atoms with Gasteiger partial charge in [0.05, 0.1) is 26.2 Å². The summed E-state index contributed by atoms with van der Waals surface area (Å²) < 4.78 is 6.10. The number of para-hydroxylation sites is 1. The number of hydrogen-bond acceptors (Lipinski definition) is 8. The van der Waals surface area contributed by atoms with Gasteiger partial charge in [-0.2, -0.15) is 5.06 Å². The molecule has 10 nitrogen and oxygen atoms in total. The number of carbonyl (C=O) groups is 3. The van der Waals surface area contributed by atoms with Crippen molar-refractivity contribution in [1.29, 1.82) is 0 Å². The van der Waals surface area contributed by atoms with Crippen LogP contribution >= 0.6 is 0 Å². The van der Waals surface area contributed by atoms with E-state index in [1.165, 1.54) is 18.9 Å². The summed E-state index contributed by atoms with van der Waals surface area (Å²) in [7, 11) is 5.50. The summed E-state index contributed by atoms with van der Waals surface area (Å²) >= 11 is 0. The molecule has 1 aliphatic heterocycles. The van der Waals surface area contributed by atoms with E-state index in [4.69, 9.17) is 9.57 Å². The van der Waals surface area contributed by atoms with Crippen molar-refractivity contribution >= 4 is 23.3 Å². The van der Waals surface area contributed by atoms with Crippen LogP contribution in [0.4, 0.5) is 5.69 Å². The number of methoxy groups -OCH3 is 1. The van der Waals surface area contributed by atoms with Crippen LogP contribution < -0.4 is 20.3 Å². The van der Waals surface area contributed by atoms with E-state index in [0.717, 1.165) is 41.6 Å². The molecule has 1 saturated heterocycles. The van der Waals surface area contributed by atoms with Crippen molar-refractivity contribution in [3.8, 4) is 16.9 Å². The molecule has 2 bridgehead atoms. The van der Waals surface area contributed by atoms with Gasteiger partial charge < -0.3 is 25.4 Å². The smallest absolute Gasteiger partial charge is 0.251 e. The fraction of sp³-hybridized carbons (Fsp3) is 0.543. The van der Waals surface area contributed by atoms with Crippen LogP contribution in [0.5, 0.6) is 5.75 Å². The van der Waals surface area contributed by atoms with Gasteiger partial charge in [0.1, 0.15) is 23.7 Å². The highest BCUT2D eigenvalue weighted by molar-refractivity contribution is 5.97. The molecule has 0 radical (unpaired) electrons. The lowest BCUT2D eigenvalue weighted by molar-refractivity contribution is -0.183. The number of Topliss-reactive ketones (excluding diaryl/α,β-unsaturated/α-hetero) is 1. The topological polar surface area (TPSA) is 120 Å². The largest absolute Gasteiger partial charge is 0.496 e. The maximum atomic E-state index is 14.3. The van der Waals surface area contributed by atoms with Crippen molar-refractivity contribution in [3.63, 3.8) is 0 Å². The van der Waals surface area contributed by atoms with Crippen molar-refractivity contribution in [3.05, 3.63) is 83.4 Å². The summed E-state index contributed by atoms with van der Waals surface area (Å²) in [6.45, 7) is 12.4. The zero-order chi connectivity index (χ0) is 40.5. The van der Waals surface area contributed by atoms with Gasteiger partial charge in [-0.1, -0.05) is 83.1 Å². The molecule has 0 spiro atoms. The van der Waals surface area contributed by atoms with E-state index >= 15 is 0 Å². The molecular weight excluding hydrogens is 705 g/mol. The van der Waals surface area contributed by atoms with Crippen LogP contribution in [0, 0.1) is 35.0 Å². The SMILES string of the molecule is COc1c(CN2O[C@@H](CO)[C@@H](C(C)=O)[C@H]2C(=O)N[C@H]2C[C@H]3C[C@@H]([C@@H]2C)C3(C)C)cccc1-c1cc(C(=O)N[C@@H](Cc2ccccc2)CC(C)C)cc(N(C)C)c1. The molecule has 2 amide bonds. The van der Waals surface area contributed by atoms with Crippen molar-refractivity contribution in [2.75, 3.05) is 32.7 Å². The van der Waals surface area contributed by atoms with Crippen molar-refractivity contribution in [2.24, 2.45) is 35.0 Å². The number of hydrogen-bond donors (Lipinski definition) is 3. The molecule has 4 aliphatic rings. The van der Waals surface area contributed by atoms with Gasteiger partial charge in [0.25, 0.3) is 5.91 Å². The third-order valence-corrected chi connectivity index (χ3v) is 13.0. The molecule has 302 valence electrons. The zero-order valence-corrected chi connectivity index (χ0v) is 34.7. The van der Waals surface area contributed by atoms with Gasteiger partial charge in [-0.25, -0.2) is 0 Å². The van der Waals surface area contributed by atoms with Gasteiger partial charge in [-0.15, -0.1) is 0 Å². The minimum atomic E-state index is -0.932. The number of ether oxygens (including phenoxy) is 1. The zero-order valence-electron chi connectivity index (χ0n) is 34.7. The number of nitrogens with zero attached hydrogens (tertiary/aromatic N) is 2. The van der Waals surface area contributed by atoms with E-state index in [1.807, 2.05) is 73.6 Å². The summed E-state index contributed by atoms with van der Waals surface area (Å²) in [6, 6.07) is 20.9. The summed E-state index contributed by atoms with van der Waals surface area (Å²) in [5.74, 6) is 0.916. The second-order valence-electron chi connectivity index (χ2n) is 17.7. The summed E-state index contributed by atoms with van der Waals surface area (Å²) in [6.07, 6.45) is 2.82. The third kappa shape index (κ3) is 8.53. The molecule has 56 heavy (non-hydrogen) atoms. The molecule has 3 N–H and O–H groups in total. The van der Waals surface area contributed by atoms with Crippen molar-refractivity contribution < 1.29 is 29.1 Å².